The van der Waals surface area contributed by atoms with Crippen LogP contribution in [0, 0.1) is 5.41 Å². The molecular weight excluding hydrogens is 283 g/mol. The van der Waals surface area contributed by atoms with E-state index in [1.807, 2.05) is 32.9 Å². The summed E-state index contributed by atoms with van der Waals surface area (Å²) in [4.78, 5) is 10.5. The lowest BCUT2D eigenvalue weighted by molar-refractivity contribution is -0.131. The van der Waals surface area contributed by atoms with E-state index in [4.69, 9.17) is 9.84 Å². The van der Waals surface area contributed by atoms with Crippen LogP contribution in [0.25, 0.3) is 0 Å². The van der Waals surface area contributed by atoms with E-state index in [-0.39, 0.29) is 11.5 Å². The summed E-state index contributed by atoms with van der Waals surface area (Å²) in [5.74, 6) is -0.574. The minimum absolute atomic E-state index is 0.0101. The maximum absolute atomic E-state index is 14.0. The standard InChI is InChI=1S/C18H23FO3/c1-12(10-17(20)21)6-7-16(19)13(2)8-9-18(5)11-14(3)22-15(18)4/h6-11,15H,1-5H3,(H,20,21)/b7-6+,9-8+,12-10+,16-13-. The lowest BCUT2D eigenvalue weighted by atomic mass is 9.85. The quantitative estimate of drug-likeness (QED) is 0.591. The Kier molecular flexibility index (Phi) is 5.92. The third kappa shape index (κ3) is 5.02. The molecule has 120 valence electrons. The molecule has 3 nitrogen and oxygen atoms in total. The van der Waals surface area contributed by atoms with Gasteiger partial charge in [-0.1, -0.05) is 18.2 Å². The van der Waals surface area contributed by atoms with Gasteiger partial charge in [-0.05, 0) is 57.9 Å². The minimum atomic E-state index is -1.05. The first-order chi connectivity index (χ1) is 10.1. The maximum Gasteiger partial charge on any atom is 0.328 e. The van der Waals surface area contributed by atoms with Crippen molar-refractivity contribution in [2.45, 2.75) is 40.7 Å². The van der Waals surface area contributed by atoms with Gasteiger partial charge in [0, 0.05) is 11.5 Å². The topological polar surface area (TPSA) is 46.5 Å². The molecule has 0 aliphatic carbocycles. The Morgan fingerprint density at radius 1 is 1.36 bits per heavy atom. The second kappa shape index (κ2) is 7.25. The summed E-state index contributed by atoms with van der Waals surface area (Å²) in [6, 6.07) is 0. The van der Waals surface area contributed by atoms with Crippen molar-refractivity contribution in [2.75, 3.05) is 0 Å². The van der Waals surface area contributed by atoms with Crippen LogP contribution >= 0.6 is 0 Å². The molecule has 1 aliphatic heterocycles. The molecule has 4 heteroatoms. The smallest absolute Gasteiger partial charge is 0.328 e. The fourth-order valence-corrected chi connectivity index (χ4v) is 2.14. The summed E-state index contributed by atoms with van der Waals surface area (Å²) in [6.45, 7) is 9.19. The van der Waals surface area contributed by atoms with Crippen LogP contribution in [0.4, 0.5) is 4.39 Å². The van der Waals surface area contributed by atoms with Gasteiger partial charge in [-0.15, -0.1) is 0 Å². The number of carboxylic acids is 1. The maximum atomic E-state index is 14.0. The zero-order valence-corrected chi connectivity index (χ0v) is 13.7. The molecule has 2 unspecified atom stereocenters. The van der Waals surface area contributed by atoms with Crippen LogP contribution in [0.5, 0.6) is 0 Å². The van der Waals surface area contributed by atoms with Crippen molar-refractivity contribution in [1.29, 1.82) is 0 Å². The zero-order chi connectivity index (χ0) is 16.9. The van der Waals surface area contributed by atoms with Gasteiger partial charge in [-0.2, -0.15) is 0 Å². The first kappa shape index (κ1) is 18.0. The van der Waals surface area contributed by atoms with Crippen molar-refractivity contribution in [3.8, 4) is 0 Å². The Hall–Kier alpha value is -2.10. The number of hydrogen-bond acceptors (Lipinski definition) is 2. The van der Waals surface area contributed by atoms with Crippen molar-refractivity contribution >= 4 is 5.97 Å². The summed E-state index contributed by atoms with van der Waals surface area (Å²) in [5, 5.41) is 8.59. The highest BCUT2D eigenvalue weighted by atomic mass is 19.1. The minimum Gasteiger partial charge on any atom is -0.494 e. The third-order valence-electron chi connectivity index (χ3n) is 3.67. The number of aliphatic carboxylic acids is 1. The van der Waals surface area contributed by atoms with E-state index in [2.05, 4.69) is 0 Å². The Bertz CT molecular complexity index is 593. The van der Waals surface area contributed by atoms with E-state index in [0.717, 1.165) is 11.8 Å². The predicted octanol–water partition coefficient (Wildman–Crippen LogP) is 4.70. The first-order valence-corrected chi connectivity index (χ1v) is 7.15. The Morgan fingerprint density at radius 2 is 2.00 bits per heavy atom. The third-order valence-corrected chi connectivity index (χ3v) is 3.67. The second-order valence-corrected chi connectivity index (χ2v) is 5.81. The van der Waals surface area contributed by atoms with E-state index in [0.29, 0.717) is 11.1 Å². The molecule has 0 amide bonds. The average Bonchev–Trinajstić information content (AvgIpc) is 2.66. The fraction of sp³-hybridized carbons (Fsp3) is 0.389. The van der Waals surface area contributed by atoms with Crippen LogP contribution in [-0.2, 0) is 9.53 Å². The Morgan fingerprint density at radius 3 is 2.50 bits per heavy atom. The van der Waals surface area contributed by atoms with Crippen LogP contribution in [0.15, 0.2) is 59.2 Å². The van der Waals surface area contributed by atoms with E-state index < -0.39 is 11.8 Å². The van der Waals surface area contributed by atoms with Gasteiger partial charge in [-0.25, -0.2) is 9.18 Å². The highest BCUT2D eigenvalue weighted by Gasteiger charge is 2.33. The van der Waals surface area contributed by atoms with Gasteiger partial charge in [0.05, 0.1) is 5.76 Å². The summed E-state index contributed by atoms with van der Waals surface area (Å²) in [7, 11) is 0. The molecule has 0 aromatic rings. The van der Waals surface area contributed by atoms with Crippen LogP contribution in [-0.4, -0.2) is 17.2 Å². The summed E-state index contributed by atoms with van der Waals surface area (Å²) in [5.41, 5.74) is 0.697. The van der Waals surface area contributed by atoms with Gasteiger partial charge < -0.3 is 9.84 Å². The molecule has 2 atom stereocenters. The summed E-state index contributed by atoms with van der Waals surface area (Å²) < 4.78 is 19.6. The Labute approximate surface area is 131 Å². The normalized spacial score (nSPS) is 27.1. The number of carboxylic acid groups (broad SMARTS) is 1. The predicted molar refractivity (Wildman–Crippen MR) is 85.9 cm³/mol. The number of ether oxygens (including phenoxy) is 1. The molecule has 22 heavy (non-hydrogen) atoms. The lowest BCUT2D eigenvalue weighted by Crippen LogP contribution is -2.22. The molecule has 0 aromatic carbocycles. The highest BCUT2D eigenvalue weighted by molar-refractivity contribution is 5.81. The van der Waals surface area contributed by atoms with E-state index in [1.54, 1.807) is 19.9 Å². The van der Waals surface area contributed by atoms with E-state index >= 15 is 0 Å². The van der Waals surface area contributed by atoms with Crippen molar-refractivity contribution in [3.05, 3.63) is 59.2 Å². The average molecular weight is 306 g/mol. The summed E-state index contributed by atoms with van der Waals surface area (Å²) >= 11 is 0. The van der Waals surface area contributed by atoms with Gasteiger partial charge in [0.1, 0.15) is 11.9 Å². The zero-order valence-electron chi connectivity index (χ0n) is 13.7. The highest BCUT2D eigenvalue weighted by Crippen LogP contribution is 2.36. The molecule has 1 rings (SSSR count). The molecule has 0 fully saturated rings. The molecule has 0 saturated carbocycles. The van der Waals surface area contributed by atoms with Gasteiger partial charge in [0.15, 0.2) is 0 Å². The molecule has 1 N–H and O–H groups in total. The largest absolute Gasteiger partial charge is 0.494 e. The summed E-state index contributed by atoms with van der Waals surface area (Å²) in [6.07, 6.45) is 9.42. The molecule has 0 aromatic heterocycles. The van der Waals surface area contributed by atoms with Crippen LogP contribution in [0.2, 0.25) is 0 Å². The molecular formula is C18H23FO3. The SMILES string of the molecule is CC1=CC(C)(/C=C/C(C)=C(F)/C=C/C(C)=C/C(=O)O)C(C)O1. The van der Waals surface area contributed by atoms with E-state index in [1.165, 1.54) is 12.2 Å². The second-order valence-electron chi connectivity index (χ2n) is 5.81. The van der Waals surface area contributed by atoms with Gasteiger partial charge >= 0.3 is 5.97 Å². The molecule has 0 spiro atoms. The number of halogens is 1. The van der Waals surface area contributed by atoms with Crippen LogP contribution in [0.3, 0.4) is 0 Å². The monoisotopic (exact) mass is 306 g/mol. The molecule has 0 radical (unpaired) electrons. The van der Waals surface area contributed by atoms with Crippen LogP contribution < -0.4 is 0 Å². The van der Waals surface area contributed by atoms with Crippen LogP contribution in [0.1, 0.15) is 34.6 Å². The number of carbonyl (C=O) groups is 1. The van der Waals surface area contributed by atoms with Crippen molar-refractivity contribution < 1.29 is 19.0 Å². The van der Waals surface area contributed by atoms with Gasteiger partial charge in [0.2, 0.25) is 0 Å². The van der Waals surface area contributed by atoms with Gasteiger partial charge in [-0.3, -0.25) is 0 Å². The number of hydrogen-bond donors (Lipinski definition) is 1. The number of allylic oxidation sites excluding steroid dienone is 7. The van der Waals surface area contributed by atoms with E-state index in [9.17, 15) is 9.18 Å². The first-order valence-electron chi connectivity index (χ1n) is 7.15. The van der Waals surface area contributed by atoms with Crippen molar-refractivity contribution in [2.24, 2.45) is 5.41 Å². The number of rotatable bonds is 5. The van der Waals surface area contributed by atoms with Crippen molar-refractivity contribution in [1.82, 2.24) is 0 Å². The lowest BCUT2D eigenvalue weighted by Gasteiger charge is -2.22. The van der Waals surface area contributed by atoms with Crippen molar-refractivity contribution in [3.63, 3.8) is 0 Å². The molecule has 1 aliphatic rings. The molecule has 0 saturated heterocycles. The Balaban J connectivity index is 2.86. The molecule has 0 bridgehead atoms. The fourth-order valence-electron chi connectivity index (χ4n) is 2.14. The van der Waals surface area contributed by atoms with Gasteiger partial charge in [0.25, 0.3) is 0 Å². The molecule has 1 heterocycles.